The fourth-order valence-electron chi connectivity index (χ4n) is 2.90. The summed E-state index contributed by atoms with van der Waals surface area (Å²) >= 11 is 0. The predicted octanol–water partition coefficient (Wildman–Crippen LogP) is 2.10. The lowest BCUT2D eigenvalue weighted by Crippen LogP contribution is -2.26. The summed E-state index contributed by atoms with van der Waals surface area (Å²) in [6.45, 7) is 2.34. The molecule has 0 spiro atoms. The van der Waals surface area contributed by atoms with Crippen LogP contribution in [0, 0.1) is 10.1 Å². The van der Waals surface area contributed by atoms with Crippen molar-refractivity contribution in [2.75, 3.05) is 26.4 Å². The normalized spacial score (nSPS) is 16.4. The van der Waals surface area contributed by atoms with Gasteiger partial charge in [-0.3, -0.25) is 14.9 Å². The van der Waals surface area contributed by atoms with E-state index in [0.29, 0.717) is 31.9 Å². The quantitative estimate of drug-likeness (QED) is 0.409. The van der Waals surface area contributed by atoms with Crippen molar-refractivity contribution in [3.05, 3.63) is 52.6 Å². The zero-order valence-corrected chi connectivity index (χ0v) is 14.9. The molecule has 1 aromatic carbocycles. The molecule has 1 fully saturated rings. The third kappa shape index (κ3) is 5.11. The van der Waals surface area contributed by atoms with E-state index in [2.05, 4.69) is 10.3 Å². The van der Waals surface area contributed by atoms with E-state index in [9.17, 15) is 14.9 Å². The molecule has 2 heterocycles. The zero-order valence-electron chi connectivity index (χ0n) is 14.9. The number of hydrogen-bond donors (Lipinski definition) is 1. The second-order valence-electron chi connectivity index (χ2n) is 6.25. The summed E-state index contributed by atoms with van der Waals surface area (Å²) in [5, 5.41) is 14.1. The molecule has 1 aromatic heterocycles. The summed E-state index contributed by atoms with van der Waals surface area (Å²) in [5.74, 6) is -0.352. The number of imidazole rings is 1. The van der Waals surface area contributed by atoms with Crippen LogP contribution in [0.2, 0.25) is 0 Å². The van der Waals surface area contributed by atoms with Crippen molar-refractivity contribution < 1.29 is 19.2 Å². The minimum absolute atomic E-state index is 0.152. The Morgan fingerprint density at radius 1 is 1.48 bits per heavy atom. The van der Waals surface area contributed by atoms with Crippen LogP contribution in [0.25, 0.3) is 5.69 Å². The fourth-order valence-corrected chi connectivity index (χ4v) is 2.90. The van der Waals surface area contributed by atoms with Crippen molar-refractivity contribution in [3.8, 4) is 5.69 Å². The largest absolute Gasteiger partial charge is 0.379 e. The number of aromatic nitrogens is 2. The number of ether oxygens (including phenoxy) is 2. The fraction of sp³-hybridized carbons (Fsp3) is 0.444. The maximum absolute atomic E-state index is 12.2. The molecule has 9 nitrogen and oxygen atoms in total. The van der Waals surface area contributed by atoms with Gasteiger partial charge < -0.3 is 19.4 Å². The van der Waals surface area contributed by atoms with Crippen molar-refractivity contribution in [2.45, 2.75) is 25.4 Å². The number of nitrogens with zero attached hydrogens (tertiary/aromatic N) is 3. The molecular weight excluding hydrogens is 352 g/mol. The van der Waals surface area contributed by atoms with E-state index in [1.807, 2.05) is 0 Å². The number of rotatable bonds is 9. The molecule has 1 unspecified atom stereocenters. The van der Waals surface area contributed by atoms with Gasteiger partial charge in [-0.1, -0.05) is 0 Å². The van der Waals surface area contributed by atoms with E-state index >= 15 is 0 Å². The van der Waals surface area contributed by atoms with E-state index in [1.54, 1.807) is 18.3 Å². The Bertz CT molecular complexity index is 772. The number of carbonyl (C=O) groups excluding carboxylic acids is 1. The van der Waals surface area contributed by atoms with Crippen LogP contribution >= 0.6 is 0 Å². The molecule has 1 saturated heterocycles. The molecule has 27 heavy (non-hydrogen) atoms. The molecule has 0 radical (unpaired) electrons. The summed E-state index contributed by atoms with van der Waals surface area (Å²) in [6.07, 6.45) is 7.57. The van der Waals surface area contributed by atoms with Gasteiger partial charge in [0.1, 0.15) is 5.69 Å². The van der Waals surface area contributed by atoms with Crippen LogP contribution in [0.3, 0.4) is 0 Å². The highest BCUT2D eigenvalue weighted by molar-refractivity contribution is 5.95. The van der Waals surface area contributed by atoms with E-state index in [1.165, 1.54) is 23.2 Å². The molecule has 1 aliphatic rings. The molecule has 2 aromatic rings. The molecule has 1 aliphatic heterocycles. The second kappa shape index (κ2) is 9.24. The molecule has 1 amide bonds. The van der Waals surface area contributed by atoms with Crippen molar-refractivity contribution in [1.29, 1.82) is 0 Å². The number of carbonyl (C=O) groups is 1. The van der Waals surface area contributed by atoms with Gasteiger partial charge >= 0.3 is 0 Å². The molecule has 3 rings (SSSR count). The first kappa shape index (κ1) is 19.0. The van der Waals surface area contributed by atoms with Crippen LogP contribution in [0.4, 0.5) is 5.69 Å². The summed E-state index contributed by atoms with van der Waals surface area (Å²) in [7, 11) is 0. The van der Waals surface area contributed by atoms with Gasteiger partial charge in [-0.25, -0.2) is 4.98 Å². The number of hydrogen-bond acceptors (Lipinski definition) is 6. The van der Waals surface area contributed by atoms with E-state index in [4.69, 9.17) is 9.47 Å². The monoisotopic (exact) mass is 374 g/mol. The third-order valence-corrected chi connectivity index (χ3v) is 4.30. The number of nitrogens with one attached hydrogen (secondary N) is 1. The summed E-state index contributed by atoms with van der Waals surface area (Å²) in [6, 6.07) is 4.38. The molecule has 0 saturated carbocycles. The number of nitro benzene ring substituents is 1. The van der Waals surface area contributed by atoms with E-state index in [0.717, 1.165) is 19.4 Å². The van der Waals surface area contributed by atoms with Gasteiger partial charge in [0.2, 0.25) is 0 Å². The van der Waals surface area contributed by atoms with Gasteiger partial charge in [-0.05, 0) is 31.4 Å². The average molecular weight is 374 g/mol. The van der Waals surface area contributed by atoms with Crippen LogP contribution in [-0.2, 0) is 9.47 Å². The van der Waals surface area contributed by atoms with Crippen molar-refractivity contribution >= 4 is 11.6 Å². The van der Waals surface area contributed by atoms with Crippen LogP contribution in [0.5, 0.6) is 0 Å². The Morgan fingerprint density at radius 3 is 3.07 bits per heavy atom. The maximum atomic E-state index is 12.2. The lowest BCUT2D eigenvalue weighted by atomic mass is 10.1. The lowest BCUT2D eigenvalue weighted by Gasteiger charge is -2.10. The Hall–Kier alpha value is -2.78. The first-order chi connectivity index (χ1) is 13.1. The summed E-state index contributed by atoms with van der Waals surface area (Å²) < 4.78 is 12.5. The number of amides is 1. The summed E-state index contributed by atoms with van der Waals surface area (Å²) in [4.78, 5) is 27.0. The molecule has 1 N–H and O–H groups in total. The van der Waals surface area contributed by atoms with Gasteiger partial charge in [0.25, 0.3) is 11.6 Å². The molecule has 144 valence electrons. The number of nitro groups is 1. The zero-order chi connectivity index (χ0) is 19.1. The minimum atomic E-state index is -0.509. The SMILES string of the molecule is O=C(NCCCOCC1CCCO1)c1ccc(-n2ccnc2)c([N+](=O)[O-])c1. The first-order valence-electron chi connectivity index (χ1n) is 8.89. The van der Waals surface area contributed by atoms with Crippen molar-refractivity contribution in [2.24, 2.45) is 0 Å². The highest BCUT2D eigenvalue weighted by atomic mass is 16.6. The van der Waals surface area contributed by atoms with Crippen LogP contribution in [0.1, 0.15) is 29.6 Å². The Balaban J connectivity index is 1.49. The third-order valence-electron chi connectivity index (χ3n) is 4.30. The average Bonchev–Trinajstić information content (AvgIpc) is 3.37. The van der Waals surface area contributed by atoms with Crippen molar-refractivity contribution in [1.82, 2.24) is 14.9 Å². The van der Waals surface area contributed by atoms with E-state index in [-0.39, 0.29) is 23.3 Å². The van der Waals surface area contributed by atoms with Gasteiger partial charge in [0, 0.05) is 43.8 Å². The van der Waals surface area contributed by atoms with Gasteiger partial charge in [0.05, 0.1) is 24.0 Å². The predicted molar refractivity (Wildman–Crippen MR) is 97.0 cm³/mol. The second-order valence-corrected chi connectivity index (χ2v) is 6.25. The highest BCUT2D eigenvalue weighted by Crippen LogP contribution is 2.24. The van der Waals surface area contributed by atoms with Gasteiger partial charge in [-0.2, -0.15) is 0 Å². The Kier molecular flexibility index (Phi) is 6.50. The Labute approximate surface area is 156 Å². The van der Waals surface area contributed by atoms with Crippen LogP contribution in [0.15, 0.2) is 36.9 Å². The topological polar surface area (TPSA) is 109 Å². The number of benzene rings is 1. The molecule has 0 bridgehead atoms. The van der Waals surface area contributed by atoms with Crippen LogP contribution in [-0.4, -0.2) is 52.9 Å². The van der Waals surface area contributed by atoms with Gasteiger partial charge in [0.15, 0.2) is 0 Å². The van der Waals surface area contributed by atoms with Crippen molar-refractivity contribution in [3.63, 3.8) is 0 Å². The van der Waals surface area contributed by atoms with Crippen LogP contribution < -0.4 is 5.32 Å². The first-order valence-corrected chi connectivity index (χ1v) is 8.89. The Morgan fingerprint density at radius 2 is 2.37 bits per heavy atom. The molecule has 9 heteroatoms. The smallest absolute Gasteiger partial charge is 0.294 e. The molecular formula is C18H22N4O5. The lowest BCUT2D eigenvalue weighted by molar-refractivity contribution is -0.384. The van der Waals surface area contributed by atoms with Gasteiger partial charge in [-0.15, -0.1) is 0 Å². The minimum Gasteiger partial charge on any atom is -0.379 e. The van der Waals surface area contributed by atoms with E-state index < -0.39 is 4.92 Å². The summed E-state index contributed by atoms with van der Waals surface area (Å²) in [5.41, 5.74) is 0.447. The molecule has 1 atom stereocenters. The standard InChI is InChI=1S/C18H22N4O5/c23-18(20-6-2-9-26-12-15-3-1-10-27-15)14-4-5-16(17(11-14)22(24)25)21-8-7-19-13-21/h4-5,7-8,11,13,15H,1-3,6,9-10,12H2,(H,20,23). The molecule has 0 aliphatic carbocycles. The highest BCUT2D eigenvalue weighted by Gasteiger charge is 2.19. The maximum Gasteiger partial charge on any atom is 0.294 e.